The Morgan fingerprint density at radius 2 is 1.00 bits per heavy atom. The Balaban J connectivity index is 0.000000368. The Hall–Kier alpha value is -3.40. The second kappa shape index (κ2) is 11.8. The SMILES string of the molecule is COc1ccc2ncccc2c1Cc1c(OC)ccc2ncccc12.O=S(=O)(O)O.O=S(=O)(O)O. The molecule has 2 heterocycles. The van der Waals surface area contributed by atoms with Gasteiger partial charge in [0.1, 0.15) is 11.5 Å². The van der Waals surface area contributed by atoms with E-state index in [1.807, 2.05) is 36.4 Å². The van der Waals surface area contributed by atoms with Crippen LogP contribution < -0.4 is 9.47 Å². The average Bonchev–Trinajstić information content (AvgIpc) is 2.77. The quantitative estimate of drug-likeness (QED) is 0.284. The number of hydrogen-bond acceptors (Lipinski definition) is 8. The summed E-state index contributed by atoms with van der Waals surface area (Å²) in [7, 11) is -5.94. The predicted octanol–water partition coefficient (Wildman–Crippen LogP) is 3.09. The first-order valence-electron chi connectivity index (χ1n) is 9.52. The molecule has 0 bridgehead atoms. The van der Waals surface area contributed by atoms with E-state index in [4.69, 9.17) is 44.5 Å². The normalized spacial score (nSPS) is 11.1. The molecule has 0 amide bonds. The Kier molecular flexibility index (Phi) is 9.41. The molecule has 35 heavy (non-hydrogen) atoms. The molecule has 0 fully saturated rings. The first-order chi connectivity index (χ1) is 16.3. The van der Waals surface area contributed by atoms with Gasteiger partial charge >= 0.3 is 20.8 Å². The number of hydrogen-bond donors (Lipinski definition) is 4. The summed E-state index contributed by atoms with van der Waals surface area (Å²) in [5, 5.41) is 2.18. The number of methoxy groups -OCH3 is 2. The van der Waals surface area contributed by atoms with Crippen LogP contribution in [0.25, 0.3) is 21.8 Å². The zero-order chi connectivity index (χ0) is 26.2. The summed E-state index contributed by atoms with van der Waals surface area (Å²) in [5.41, 5.74) is 4.11. The van der Waals surface area contributed by atoms with Crippen molar-refractivity contribution < 1.29 is 44.5 Å². The minimum absolute atomic E-state index is 0.679. The minimum atomic E-state index is -4.67. The molecular weight excluding hydrogens is 504 g/mol. The standard InChI is InChI=1S/C21H18N2O2.2H2O4S/c1-24-20-9-7-18-14(5-3-11-22-18)16(20)13-17-15-6-4-12-23-19(15)8-10-21(17)25-2;2*1-5(2,3)4/h3-12H,13H2,1-2H3;2*(H2,1,2,3,4). The lowest BCUT2D eigenvalue weighted by Crippen LogP contribution is -2.00. The van der Waals surface area contributed by atoms with Crippen LogP contribution in [0.1, 0.15) is 11.1 Å². The number of benzene rings is 2. The number of nitrogens with zero attached hydrogens (tertiary/aromatic N) is 2. The first-order valence-corrected chi connectivity index (χ1v) is 12.3. The van der Waals surface area contributed by atoms with Crippen molar-refractivity contribution in [3.05, 3.63) is 72.1 Å². The molecule has 0 atom stereocenters. The molecule has 0 aliphatic carbocycles. The monoisotopic (exact) mass is 526 g/mol. The van der Waals surface area contributed by atoms with Crippen LogP contribution in [0.4, 0.5) is 0 Å². The van der Waals surface area contributed by atoms with Crippen molar-refractivity contribution in [2.45, 2.75) is 6.42 Å². The molecule has 4 aromatic rings. The van der Waals surface area contributed by atoms with Crippen LogP contribution in [-0.4, -0.2) is 59.2 Å². The molecule has 0 unspecified atom stereocenters. The largest absolute Gasteiger partial charge is 0.496 e. The minimum Gasteiger partial charge on any atom is -0.496 e. The second-order valence-corrected chi connectivity index (χ2v) is 8.50. The summed E-state index contributed by atoms with van der Waals surface area (Å²) in [6.45, 7) is 0. The fourth-order valence-corrected chi connectivity index (χ4v) is 3.31. The van der Waals surface area contributed by atoms with Gasteiger partial charge in [0.25, 0.3) is 0 Å². The van der Waals surface area contributed by atoms with Crippen molar-refractivity contribution in [1.82, 2.24) is 9.97 Å². The van der Waals surface area contributed by atoms with E-state index in [-0.39, 0.29) is 0 Å². The first kappa shape index (κ1) is 27.8. The van der Waals surface area contributed by atoms with Crippen molar-refractivity contribution in [2.75, 3.05) is 14.2 Å². The number of ether oxygens (including phenoxy) is 2. The van der Waals surface area contributed by atoms with Crippen molar-refractivity contribution >= 4 is 42.6 Å². The third-order valence-corrected chi connectivity index (χ3v) is 4.50. The average molecular weight is 527 g/mol. The molecule has 188 valence electrons. The van der Waals surface area contributed by atoms with Gasteiger partial charge in [-0.3, -0.25) is 28.2 Å². The third-order valence-electron chi connectivity index (χ3n) is 4.50. The summed E-state index contributed by atoms with van der Waals surface area (Å²) < 4.78 is 74.4. The topological polar surface area (TPSA) is 193 Å². The molecule has 4 rings (SSSR count). The van der Waals surface area contributed by atoms with Crippen LogP contribution in [0, 0.1) is 0 Å². The van der Waals surface area contributed by atoms with Gasteiger partial charge in [0, 0.05) is 40.7 Å². The molecule has 4 N–H and O–H groups in total. The van der Waals surface area contributed by atoms with Crippen molar-refractivity contribution in [1.29, 1.82) is 0 Å². The fraction of sp³-hybridized carbons (Fsp3) is 0.143. The van der Waals surface area contributed by atoms with Crippen molar-refractivity contribution in [2.24, 2.45) is 0 Å². The molecule has 2 aromatic heterocycles. The van der Waals surface area contributed by atoms with Crippen LogP contribution in [0.15, 0.2) is 60.9 Å². The third kappa shape index (κ3) is 9.05. The van der Waals surface area contributed by atoms with Gasteiger partial charge < -0.3 is 9.47 Å². The van der Waals surface area contributed by atoms with Crippen LogP contribution in [0.2, 0.25) is 0 Å². The maximum absolute atomic E-state index is 8.74. The molecule has 14 heteroatoms. The molecule has 0 spiro atoms. The molecule has 12 nitrogen and oxygen atoms in total. The van der Waals surface area contributed by atoms with E-state index in [1.54, 1.807) is 26.6 Å². The summed E-state index contributed by atoms with van der Waals surface area (Å²) in [6.07, 6.45) is 4.29. The van der Waals surface area contributed by atoms with Gasteiger partial charge in [0.05, 0.1) is 25.3 Å². The smallest absolute Gasteiger partial charge is 0.394 e. The highest BCUT2D eigenvalue weighted by atomic mass is 32.3. The van der Waals surface area contributed by atoms with Gasteiger partial charge in [-0.05, 0) is 36.4 Å². The van der Waals surface area contributed by atoms with E-state index in [0.29, 0.717) is 6.42 Å². The molecular formula is C21H22N2O10S2. The highest BCUT2D eigenvalue weighted by molar-refractivity contribution is 7.80. The number of rotatable bonds is 4. The number of aromatic nitrogens is 2. The molecule has 2 aromatic carbocycles. The Labute approximate surface area is 201 Å². The highest BCUT2D eigenvalue weighted by Crippen LogP contribution is 2.34. The van der Waals surface area contributed by atoms with Crippen molar-refractivity contribution in [3.8, 4) is 11.5 Å². The van der Waals surface area contributed by atoms with Crippen LogP contribution in [0.3, 0.4) is 0 Å². The van der Waals surface area contributed by atoms with E-state index in [9.17, 15) is 0 Å². The molecule has 0 saturated heterocycles. The summed E-state index contributed by atoms with van der Waals surface area (Å²) in [5.74, 6) is 1.70. The van der Waals surface area contributed by atoms with Crippen molar-refractivity contribution in [3.63, 3.8) is 0 Å². The molecule has 0 radical (unpaired) electrons. The van der Waals surface area contributed by atoms with Gasteiger partial charge in [-0.25, -0.2) is 0 Å². The van der Waals surface area contributed by atoms with Gasteiger partial charge in [-0.1, -0.05) is 12.1 Å². The number of fused-ring (bicyclic) bond motifs is 2. The second-order valence-electron chi connectivity index (χ2n) is 6.71. The van der Waals surface area contributed by atoms with Crippen LogP contribution in [-0.2, 0) is 27.2 Å². The Morgan fingerprint density at radius 3 is 1.31 bits per heavy atom. The zero-order valence-corrected chi connectivity index (χ0v) is 20.1. The molecule has 0 aliphatic heterocycles. The van der Waals surface area contributed by atoms with Crippen LogP contribution in [0.5, 0.6) is 11.5 Å². The lowest BCUT2D eigenvalue weighted by atomic mass is 9.96. The lowest BCUT2D eigenvalue weighted by Gasteiger charge is -2.15. The Morgan fingerprint density at radius 1 is 0.657 bits per heavy atom. The maximum Gasteiger partial charge on any atom is 0.394 e. The zero-order valence-electron chi connectivity index (χ0n) is 18.4. The van der Waals surface area contributed by atoms with Gasteiger partial charge in [0.15, 0.2) is 0 Å². The van der Waals surface area contributed by atoms with E-state index in [0.717, 1.165) is 44.4 Å². The lowest BCUT2D eigenvalue weighted by molar-refractivity contribution is 0.378. The fourth-order valence-electron chi connectivity index (χ4n) is 3.31. The van der Waals surface area contributed by atoms with E-state index < -0.39 is 20.8 Å². The van der Waals surface area contributed by atoms with Gasteiger partial charge in [0.2, 0.25) is 0 Å². The summed E-state index contributed by atoms with van der Waals surface area (Å²) >= 11 is 0. The Bertz CT molecular complexity index is 1390. The summed E-state index contributed by atoms with van der Waals surface area (Å²) in [6, 6.07) is 16.0. The number of pyridine rings is 2. The van der Waals surface area contributed by atoms with E-state index in [2.05, 4.69) is 22.1 Å². The van der Waals surface area contributed by atoms with Gasteiger partial charge in [-0.15, -0.1) is 0 Å². The molecule has 0 saturated carbocycles. The molecule has 0 aliphatic rings. The van der Waals surface area contributed by atoms with E-state index >= 15 is 0 Å². The van der Waals surface area contributed by atoms with E-state index in [1.165, 1.54) is 0 Å². The summed E-state index contributed by atoms with van der Waals surface area (Å²) in [4.78, 5) is 8.93. The van der Waals surface area contributed by atoms with Gasteiger partial charge in [-0.2, -0.15) is 16.8 Å². The van der Waals surface area contributed by atoms with Crippen LogP contribution >= 0.6 is 0 Å². The highest BCUT2D eigenvalue weighted by Gasteiger charge is 2.15. The predicted molar refractivity (Wildman–Crippen MR) is 128 cm³/mol. The maximum atomic E-state index is 8.74.